The van der Waals surface area contributed by atoms with Crippen LogP contribution in [0, 0.1) is 11.7 Å². The Hall–Kier alpha value is -2.99. The van der Waals surface area contributed by atoms with Crippen molar-refractivity contribution in [1.82, 2.24) is 14.9 Å². The molecule has 1 aliphatic heterocycles. The molecule has 2 fully saturated rings. The van der Waals surface area contributed by atoms with Gasteiger partial charge in [-0.15, -0.1) is 0 Å². The molecule has 2 atom stereocenters. The number of carbonyl (C=O) groups is 1. The van der Waals surface area contributed by atoms with Crippen molar-refractivity contribution < 1.29 is 9.18 Å². The summed E-state index contributed by atoms with van der Waals surface area (Å²) in [5.41, 5.74) is 2.15. The Bertz CT molecular complexity index is 1170. The average Bonchev–Trinajstić information content (AvgIpc) is 3.31. The molecule has 0 bridgehead atoms. The van der Waals surface area contributed by atoms with Crippen LogP contribution in [0.3, 0.4) is 0 Å². The van der Waals surface area contributed by atoms with Gasteiger partial charge in [0.1, 0.15) is 12.1 Å². The zero-order valence-electron chi connectivity index (χ0n) is 15.5. The van der Waals surface area contributed by atoms with Gasteiger partial charge in [-0.1, -0.05) is 30.3 Å². The summed E-state index contributed by atoms with van der Waals surface area (Å²) in [6.07, 6.45) is 3.87. The summed E-state index contributed by atoms with van der Waals surface area (Å²) in [6, 6.07) is 10.9. The van der Waals surface area contributed by atoms with Crippen molar-refractivity contribution in [1.29, 1.82) is 0 Å². The normalized spacial score (nSPS) is 22.4. The monoisotopic (exact) mass is 408 g/mol. The number of rotatable bonds is 4. The van der Waals surface area contributed by atoms with Gasteiger partial charge in [0.05, 0.1) is 16.2 Å². The third kappa shape index (κ3) is 2.86. The van der Waals surface area contributed by atoms with Crippen LogP contribution < -0.4 is 5.32 Å². The maximum absolute atomic E-state index is 14.3. The summed E-state index contributed by atoms with van der Waals surface area (Å²) in [7, 11) is 0. The number of aromatic nitrogens is 2. The van der Waals surface area contributed by atoms with Crippen LogP contribution in [0.25, 0.3) is 10.9 Å². The first-order chi connectivity index (χ1) is 14.0. The van der Waals surface area contributed by atoms with E-state index in [2.05, 4.69) is 34.0 Å². The Morgan fingerprint density at radius 2 is 2.21 bits per heavy atom. The van der Waals surface area contributed by atoms with E-state index >= 15 is 0 Å². The molecule has 1 unspecified atom stereocenters. The fourth-order valence-electron chi connectivity index (χ4n) is 4.42. The summed E-state index contributed by atoms with van der Waals surface area (Å²) in [6.45, 7) is 5.04. The fourth-order valence-corrected chi connectivity index (χ4v) is 4.60. The zero-order chi connectivity index (χ0) is 20.2. The highest BCUT2D eigenvalue weighted by molar-refractivity contribution is 6.31. The van der Waals surface area contributed by atoms with Gasteiger partial charge in [0.2, 0.25) is 5.91 Å². The van der Waals surface area contributed by atoms with Gasteiger partial charge in [-0.3, -0.25) is 4.79 Å². The zero-order valence-corrected chi connectivity index (χ0v) is 16.3. The highest BCUT2D eigenvalue weighted by atomic mass is 35.5. The summed E-state index contributed by atoms with van der Waals surface area (Å²) >= 11 is 5.90. The molecule has 146 valence electrons. The molecular formula is C22H18ClFN4O. The first-order valence-corrected chi connectivity index (χ1v) is 9.77. The molecule has 2 heterocycles. The smallest absolute Gasteiger partial charge is 0.245 e. The van der Waals surface area contributed by atoms with Crippen LogP contribution in [0.2, 0.25) is 5.02 Å². The van der Waals surface area contributed by atoms with Crippen molar-refractivity contribution in [2.75, 3.05) is 18.4 Å². The SMILES string of the molecule is C=CC(=O)N1CC2C[C@@]2(c2ccc3ncnc(Nc4cccc(Cl)c4F)c3c2)C1. The van der Waals surface area contributed by atoms with Gasteiger partial charge in [0.15, 0.2) is 5.82 Å². The Labute approximate surface area is 172 Å². The van der Waals surface area contributed by atoms with Crippen molar-refractivity contribution in [3.05, 3.63) is 71.8 Å². The second-order valence-corrected chi connectivity index (χ2v) is 8.07. The molecule has 2 aliphatic rings. The minimum atomic E-state index is -0.521. The molecule has 7 heteroatoms. The van der Waals surface area contributed by atoms with Crippen molar-refractivity contribution >= 4 is 39.9 Å². The topological polar surface area (TPSA) is 58.1 Å². The van der Waals surface area contributed by atoms with Crippen LogP contribution in [0.4, 0.5) is 15.9 Å². The quantitative estimate of drug-likeness (QED) is 0.648. The maximum Gasteiger partial charge on any atom is 0.245 e. The molecule has 29 heavy (non-hydrogen) atoms. The fraction of sp³-hybridized carbons (Fsp3) is 0.227. The van der Waals surface area contributed by atoms with Crippen LogP contribution in [0.1, 0.15) is 12.0 Å². The Morgan fingerprint density at radius 1 is 1.34 bits per heavy atom. The molecule has 5 nitrogen and oxygen atoms in total. The average molecular weight is 409 g/mol. The van der Waals surface area contributed by atoms with Gasteiger partial charge in [0.25, 0.3) is 0 Å². The van der Waals surface area contributed by atoms with E-state index in [0.717, 1.165) is 29.4 Å². The van der Waals surface area contributed by atoms with Gasteiger partial charge in [-0.05, 0) is 48.2 Å². The molecule has 1 saturated heterocycles. The number of hydrogen-bond acceptors (Lipinski definition) is 4. The molecule has 1 aromatic heterocycles. The number of likely N-dealkylation sites (tertiary alicyclic amines) is 1. The Morgan fingerprint density at radius 3 is 3.03 bits per heavy atom. The van der Waals surface area contributed by atoms with E-state index in [4.69, 9.17) is 11.6 Å². The number of halogens is 2. The van der Waals surface area contributed by atoms with Crippen LogP contribution >= 0.6 is 11.6 Å². The van der Waals surface area contributed by atoms with Gasteiger partial charge < -0.3 is 10.2 Å². The lowest BCUT2D eigenvalue weighted by Crippen LogP contribution is -2.31. The lowest BCUT2D eigenvalue weighted by molar-refractivity contribution is -0.125. The Balaban J connectivity index is 1.53. The lowest BCUT2D eigenvalue weighted by Gasteiger charge is -2.20. The molecule has 3 aromatic rings. The van der Waals surface area contributed by atoms with E-state index in [1.807, 2.05) is 11.0 Å². The molecular weight excluding hydrogens is 391 g/mol. The molecule has 0 radical (unpaired) electrons. The summed E-state index contributed by atoms with van der Waals surface area (Å²) < 4.78 is 14.3. The number of amides is 1. The summed E-state index contributed by atoms with van der Waals surface area (Å²) in [5.74, 6) is 0.422. The molecule has 1 N–H and O–H groups in total. The third-order valence-electron chi connectivity index (χ3n) is 6.05. The van der Waals surface area contributed by atoms with Gasteiger partial charge in [-0.25, -0.2) is 14.4 Å². The molecule has 0 spiro atoms. The Kier molecular flexibility index (Phi) is 4.06. The van der Waals surface area contributed by atoms with Crippen molar-refractivity contribution in [3.63, 3.8) is 0 Å². The molecule has 5 rings (SSSR count). The van der Waals surface area contributed by atoms with Crippen molar-refractivity contribution in [3.8, 4) is 0 Å². The van der Waals surface area contributed by atoms with E-state index in [1.54, 1.807) is 12.1 Å². The second-order valence-electron chi connectivity index (χ2n) is 7.66. The van der Waals surface area contributed by atoms with Crippen LogP contribution in [-0.4, -0.2) is 33.9 Å². The van der Waals surface area contributed by atoms with Crippen molar-refractivity contribution in [2.45, 2.75) is 11.8 Å². The van der Waals surface area contributed by atoms with E-state index in [1.165, 1.54) is 18.5 Å². The first kappa shape index (κ1) is 18.1. The van der Waals surface area contributed by atoms with Gasteiger partial charge in [-0.2, -0.15) is 0 Å². The predicted octanol–water partition coefficient (Wildman–Crippen LogP) is 4.45. The number of nitrogens with zero attached hydrogens (tertiary/aromatic N) is 3. The molecule has 1 amide bonds. The van der Waals surface area contributed by atoms with E-state index in [-0.39, 0.29) is 22.0 Å². The standard InChI is InChI=1S/C22H18ClFN4O/c1-2-19(29)28-10-14-9-22(14,11-28)13-6-7-17-15(8-13)21(26-12-25-17)27-18-5-3-4-16(23)20(18)24/h2-8,12,14H,1,9-11H2,(H,25,26,27)/t14?,22-/m0/s1. The van der Waals surface area contributed by atoms with Crippen molar-refractivity contribution in [2.24, 2.45) is 5.92 Å². The summed E-state index contributed by atoms with van der Waals surface area (Å²) in [4.78, 5) is 22.5. The van der Waals surface area contributed by atoms with Gasteiger partial charge >= 0.3 is 0 Å². The third-order valence-corrected chi connectivity index (χ3v) is 6.34. The second kappa shape index (κ2) is 6.52. The van der Waals surface area contributed by atoms with Crippen LogP contribution in [0.5, 0.6) is 0 Å². The number of anilines is 2. The minimum absolute atomic E-state index is 0.0265. The van der Waals surface area contributed by atoms with Gasteiger partial charge in [0, 0.05) is 23.9 Å². The maximum atomic E-state index is 14.3. The number of piperidine rings is 1. The molecule has 1 saturated carbocycles. The largest absolute Gasteiger partial charge is 0.338 e. The number of carbonyl (C=O) groups excluding carboxylic acids is 1. The number of fused-ring (bicyclic) bond motifs is 2. The summed E-state index contributed by atoms with van der Waals surface area (Å²) in [5, 5.41) is 3.90. The lowest BCUT2D eigenvalue weighted by atomic mass is 9.93. The van der Waals surface area contributed by atoms with E-state index < -0.39 is 5.82 Å². The minimum Gasteiger partial charge on any atom is -0.338 e. The molecule has 2 aromatic carbocycles. The predicted molar refractivity (Wildman–Crippen MR) is 111 cm³/mol. The number of nitrogens with one attached hydrogen (secondary N) is 1. The number of benzene rings is 2. The first-order valence-electron chi connectivity index (χ1n) is 9.39. The van der Waals surface area contributed by atoms with Crippen LogP contribution in [-0.2, 0) is 10.2 Å². The van der Waals surface area contributed by atoms with E-state index in [0.29, 0.717) is 18.3 Å². The highest BCUT2D eigenvalue weighted by Gasteiger charge is 2.61. The highest BCUT2D eigenvalue weighted by Crippen LogP contribution is 2.59. The van der Waals surface area contributed by atoms with Crippen LogP contribution in [0.15, 0.2) is 55.4 Å². The number of hydrogen-bond donors (Lipinski definition) is 1. The molecule has 1 aliphatic carbocycles. The van der Waals surface area contributed by atoms with E-state index in [9.17, 15) is 9.18 Å².